The number of halogens is 1. The van der Waals surface area contributed by atoms with Crippen LogP contribution in [0.1, 0.15) is 12.0 Å². The molecule has 3 aromatic rings. The number of hydrogen-bond acceptors (Lipinski definition) is 5. The van der Waals surface area contributed by atoms with Gasteiger partial charge in [0.05, 0.1) is 12.1 Å². The Bertz CT molecular complexity index is 1270. The first-order valence-electron chi connectivity index (χ1n) is 10.6. The highest BCUT2D eigenvalue weighted by Crippen LogP contribution is 2.34. The summed E-state index contributed by atoms with van der Waals surface area (Å²) in [6.07, 6.45) is -0.0701. The van der Waals surface area contributed by atoms with Gasteiger partial charge in [0.1, 0.15) is 6.04 Å². The summed E-state index contributed by atoms with van der Waals surface area (Å²) >= 11 is 11.7. The first-order valence-corrected chi connectivity index (χ1v) is 11.4. The van der Waals surface area contributed by atoms with Gasteiger partial charge in [-0.2, -0.15) is 0 Å². The number of ether oxygens (including phenoxy) is 2. The van der Waals surface area contributed by atoms with Crippen molar-refractivity contribution < 1.29 is 19.1 Å². The Morgan fingerprint density at radius 3 is 2.62 bits per heavy atom. The summed E-state index contributed by atoms with van der Waals surface area (Å²) in [7, 11) is 0. The van der Waals surface area contributed by atoms with Gasteiger partial charge in [-0.05, 0) is 60.2 Å². The second kappa shape index (κ2) is 9.32. The molecule has 1 N–H and O–H groups in total. The lowest BCUT2D eigenvalue weighted by molar-refractivity contribution is -0.124. The van der Waals surface area contributed by atoms with E-state index in [4.69, 9.17) is 33.3 Å². The molecule has 0 saturated carbocycles. The third-order valence-corrected chi connectivity index (χ3v) is 6.26. The van der Waals surface area contributed by atoms with Crippen LogP contribution in [0.2, 0.25) is 5.02 Å². The van der Waals surface area contributed by atoms with Crippen LogP contribution in [0.15, 0.2) is 72.8 Å². The molecule has 1 saturated heterocycles. The van der Waals surface area contributed by atoms with Gasteiger partial charge < -0.3 is 19.7 Å². The number of anilines is 2. The molecule has 1 fully saturated rings. The van der Waals surface area contributed by atoms with Crippen molar-refractivity contribution in [2.45, 2.75) is 19.0 Å². The van der Waals surface area contributed by atoms with Gasteiger partial charge in [0.25, 0.3) is 5.91 Å². The molecule has 172 valence electrons. The molecule has 1 atom stereocenters. The maximum Gasteiger partial charge on any atom is 0.256 e. The van der Waals surface area contributed by atoms with Crippen LogP contribution in [-0.2, 0) is 16.1 Å². The minimum atomic E-state index is -0.766. The highest BCUT2D eigenvalue weighted by Gasteiger charge is 2.44. The highest BCUT2D eigenvalue weighted by atomic mass is 35.5. The van der Waals surface area contributed by atoms with Crippen LogP contribution in [0.5, 0.6) is 11.5 Å². The number of rotatable bonds is 6. The average Bonchev–Trinajstić information content (AvgIpc) is 3.38. The summed E-state index contributed by atoms with van der Waals surface area (Å²) in [6.45, 7) is 0.507. The van der Waals surface area contributed by atoms with Crippen molar-refractivity contribution >= 4 is 52.1 Å². The van der Waals surface area contributed by atoms with Crippen molar-refractivity contribution in [3.8, 4) is 11.5 Å². The minimum absolute atomic E-state index is 0.0701. The topological polar surface area (TPSA) is 71.1 Å². The first-order chi connectivity index (χ1) is 16.5. The number of para-hydroxylation sites is 1. The molecule has 9 heteroatoms. The molecular formula is C25H20ClN3O4S. The Morgan fingerprint density at radius 1 is 1.03 bits per heavy atom. The van der Waals surface area contributed by atoms with E-state index in [1.54, 1.807) is 29.2 Å². The van der Waals surface area contributed by atoms with Gasteiger partial charge in [0, 0.05) is 17.3 Å². The second-order valence-electron chi connectivity index (χ2n) is 7.89. The molecule has 2 aliphatic heterocycles. The molecule has 0 aromatic heterocycles. The molecule has 2 aliphatic rings. The van der Waals surface area contributed by atoms with E-state index >= 15 is 0 Å². The Balaban J connectivity index is 1.41. The summed E-state index contributed by atoms with van der Waals surface area (Å²) in [4.78, 5) is 29.7. The second-order valence-corrected chi connectivity index (χ2v) is 8.69. The lowest BCUT2D eigenvalue weighted by atomic mass is 10.1. The van der Waals surface area contributed by atoms with Crippen LogP contribution in [-0.4, -0.2) is 34.7 Å². The average molecular weight is 494 g/mol. The lowest BCUT2D eigenvalue weighted by Gasteiger charge is -2.24. The van der Waals surface area contributed by atoms with E-state index in [0.29, 0.717) is 39.6 Å². The maximum atomic E-state index is 13.5. The Labute approximate surface area is 206 Å². The number of nitrogens with zero attached hydrogens (tertiary/aromatic N) is 2. The van der Waals surface area contributed by atoms with E-state index in [2.05, 4.69) is 5.32 Å². The number of carbonyl (C=O) groups is 2. The predicted octanol–water partition coefficient (Wildman–Crippen LogP) is 4.60. The molecule has 0 unspecified atom stereocenters. The van der Waals surface area contributed by atoms with Crippen molar-refractivity contribution in [3.05, 3.63) is 83.4 Å². The van der Waals surface area contributed by atoms with Gasteiger partial charge >= 0.3 is 0 Å². The summed E-state index contributed by atoms with van der Waals surface area (Å²) in [5.74, 6) is 0.753. The molecule has 34 heavy (non-hydrogen) atoms. The fourth-order valence-electron chi connectivity index (χ4n) is 4.02. The zero-order valence-corrected chi connectivity index (χ0v) is 19.5. The fourth-order valence-corrected chi connectivity index (χ4v) is 4.60. The number of carbonyl (C=O) groups excluding carboxylic acids is 2. The molecule has 0 radical (unpaired) electrons. The zero-order valence-electron chi connectivity index (χ0n) is 17.9. The van der Waals surface area contributed by atoms with E-state index in [0.717, 1.165) is 5.56 Å². The number of benzene rings is 3. The van der Waals surface area contributed by atoms with Gasteiger partial charge in [0.15, 0.2) is 16.6 Å². The van der Waals surface area contributed by atoms with Crippen LogP contribution >= 0.6 is 23.8 Å². The molecular weight excluding hydrogens is 474 g/mol. The van der Waals surface area contributed by atoms with Crippen LogP contribution < -0.4 is 19.7 Å². The van der Waals surface area contributed by atoms with Crippen LogP contribution in [0.25, 0.3) is 0 Å². The normalized spacial score (nSPS) is 16.8. The maximum absolute atomic E-state index is 13.5. The number of nitrogens with one attached hydrogen (secondary N) is 1. The van der Waals surface area contributed by atoms with E-state index < -0.39 is 6.04 Å². The van der Waals surface area contributed by atoms with Crippen molar-refractivity contribution in [1.29, 1.82) is 0 Å². The van der Waals surface area contributed by atoms with E-state index in [1.807, 2.05) is 48.5 Å². The van der Waals surface area contributed by atoms with Crippen molar-refractivity contribution in [3.63, 3.8) is 0 Å². The predicted molar refractivity (Wildman–Crippen MR) is 133 cm³/mol. The number of amides is 2. The summed E-state index contributed by atoms with van der Waals surface area (Å²) < 4.78 is 10.9. The van der Waals surface area contributed by atoms with Crippen LogP contribution in [0.4, 0.5) is 11.4 Å². The van der Waals surface area contributed by atoms with E-state index in [-0.39, 0.29) is 25.0 Å². The van der Waals surface area contributed by atoms with Gasteiger partial charge in [0.2, 0.25) is 12.7 Å². The van der Waals surface area contributed by atoms with E-state index in [9.17, 15) is 9.59 Å². The molecule has 3 aromatic carbocycles. The third kappa shape index (κ3) is 4.42. The van der Waals surface area contributed by atoms with Crippen molar-refractivity contribution in [2.24, 2.45) is 0 Å². The largest absolute Gasteiger partial charge is 0.454 e. The summed E-state index contributed by atoms with van der Waals surface area (Å²) in [5, 5.41) is 3.67. The van der Waals surface area contributed by atoms with Crippen molar-refractivity contribution in [1.82, 2.24) is 4.90 Å². The van der Waals surface area contributed by atoms with Gasteiger partial charge in [-0.25, -0.2) is 0 Å². The van der Waals surface area contributed by atoms with Crippen molar-refractivity contribution in [2.75, 3.05) is 17.0 Å². The first kappa shape index (κ1) is 22.2. The summed E-state index contributed by atoms with van der Waals surface area (Å²) in [6, 6.07) is 20.9. The Kier molecular flexibility index (Phi) is 6.08. The van der Waals surface area contributed by atoms with Crippen LogP contribution in [0, 0.1) is 0 Å². The molecule has 0 aliphatic carbocycles. The standard InChI is InChI=1S/C25H20ClN3O4S/c26-17-5-4-6-18(12-17)27-23(30)13-20-24(31)29(19-7-2-1-3-8-19)25(34)28(20)14-16-9-10-21-22(11-16)33-15-32-21/h1-12,20H,13-15H2,(H,27,30)/t20-/m0/s1. The number of hydrogen-bond donors (Lipinski definition) is 1. The molecule has 5 rings (SSSR count). The minimum Gasteiger partial charge on any atom is -0.454 e. The quantitative estimate of drug-likeness (QED) is 0.506. The molecule has 7 nitrogen and oxygen atoms in total. The molecule has 2 amide bonds. The zero-order chi connectivity index (χ0) is 23.7. The smallest absolute Gasteiger partial charge is 0.256 e. The Morgan fingerprint density at radius 2 is 1.82 bits per heavy atom. The highest BCUT2D eigenvalue weighted by molar-refractivity contribution is 7.80. The van der Waals surface area contributed by atoms with E-state index in [1.165, 1.54) is 4.90 Å². The van der Waals surface area contributed by atoms with Gasteiger partial charge in [-0.3, -0.25) is 14.5 Å². The molecule has 0 spiro atoms. The fraction of sp³-hybridized carbons (Fsp3) is 0.160. The summed E-state index contributed by atoms with van der Waals surface area (Å²) in [5.41, 5.74) is 2.10. The molecule has 0 bridgehead atoms. The number of fused-ring (bicyclic) bond motifs is 1. The van der Waals surface area contributed by atoms with Crippen LogP contribution in [0.3, 0.4) is 0 Å². The monoisotopic (exact) mass is 493 g/mol. The lowest BCUT2D eigenvalue weighted by Crippen LogP contribution is -2.37. The Hall–Kier alpha value is -3.62. The van der Waals surface area contributed by atoms with Gasteiger partial charge in [-0.1, -0.05) is 41.9 Å². The third-order valence-electron chi connectivity index (χ3n) is 5.61. The SMILES string of the molecule is O=C(C[C@H]1C(=O)N(c2ccccc2)C(=S)N1Cc1ccc2c(c1)OCO2)Nc1cccc(Cl)c1. The van der Waals surface area contributed by atoms with Gasteiger partial charge in [-0.15, -0.1) is 0 Å². The molecule has 2 heterocycles. The number of thiocarbonyl (C=S) groups is 1.